The maximum Gasteiger partial charge on any atom is 0.410 e. The Morgan fingerprint density at radius 3 is 2.86 bits per heavy atom. The number of β-amino-alcohol motifs (C(OH)–C–C–N with tert-alkyl or cyclic N) is 1. The lowest BCUT2D eigenvalue weighted by molar-refractivity contribution is 0.102. The standard InChI is InChI=1S/C20H35N3O4Si/c1-7-9-26-19(25)23-14-17(24)12-16(23)11-15-13-21-22-18(15)8-10-27-28(5,6)20(2,3)4/h7,13,16-17,24H,1,8-12,14H2,2-6H3,(H,21,22)/t16-,17-/m1/s1. The van der Waals surface area contributed by atoms with Gasteiger partial charge in [-0.3, -0.25) is 5.10 Å². The van der Waals surface area contributed by atoms with Crippen LogP contribution < -0.4 is 0 Å². The minimum absolute atomic E-state index is 0.107. The van der Waals surface area contributed by atoms with Gasteiger partial charge in [-0.15, -0.1) is 0 Å². The normalized spacial score (nSPS) is 20.4. The van der Waals surface area contributed by atoms with E-state index < -0.39 is 20.5 Å². The second-order valence-corrected chi connectivity index (χ2v) is 13.8. The van der Waals surface area contributed by atoms with Crippen LogP contribution in [-0.2, 0) is 22.0 Å². The van der Waals surface area contributed by atoms with E-state index in [-0.39, 0.29) is 17.7 Å². The number of carbonyl (C=O) groups is 1. The van der Waals surface area contributed by atoms with Crippen LogP contribution in [-0.4, -0.2) is 66.5 Å². The lowest BCUT2D eigenvalue weighted by Gasteiger charge is -2.36. The Balaban J connectivity index is 1.97. The van der Waals surface area contributed by atoms with Crippen molar-refractivity contribution in [3.05, 3.63) is 30.1 Å². The summed E-state index contributed by atoms with van der Waals surface area (Å²) in [7, 11) is -1.78. The highest BCUT2D eigenvalue weighted by Crippen LogP contribution is 2.36. The zero-order chi connectivity index (χ0) is 20.9. The van der Waals surface area contributed by atoms with E-state index >= 15 is 0 Å². The van der Waals surface area contributed by atoms with Crippen LogP contribution in [0.1, 0.15) is 38.4 Å². The maximum absolute atomic E-state index is 12.3. The number of rotatable bonds is 8. The summed E-state index contributed by atoms with van der Waals surface area (Å²) in [5, 5.41) is 17.5. The monoisotopic (exact) mass is 409 g/mol. The first-order valence-corrected chi connectivity index (χ1v) is 12.8. The lowest BCUT2D eigenvalue weighted by atomic mass is 10.0. The number of likely N-dealkylation sites (tertiary alicyclic amines) is 1. The summed E-state index contributed by atoms with van der Waals surface area (Å²) in [6, 6.07) is -0.107. The lowest BCUT2D eigenvalue weighted by Crippen LogP contribution is -2.41. The minimum Gasteiger partial charge on any atom is -0.445 e. The number of carbonyl (C=O) groups excluding carboxylic acids is 1. The molecule has 0 aromatic carbocycles. The molecular formula is C20H35N3O4Si. The summed E-state index contributed by atoms with van der Waals surface area (Å²) < 4.78 is 11.4. The Morgan fingerprint density at radius 1 is 1.50 bits per heavy atom. The van der Waals surface area contributed by atoms with Crippen LogP contribution in [0.5, 0.6) is 0 Å². The van der Waals surface area contributed by atoms with Crippen molar-refractivity contribution in [3.63, 3.8) is 0 Å². The number of ether oxygens (including phenoxy) is 1. The number of hydrogen-bond donors (Lipinski definition) is 2. The van der Waals surface area contributed by atoms with Crippen molar-refractivity contribution in [3.8, 4) is 0 Å². The van der Waals surface area contributed by atoms with Gasteiger partial charge in [0.15, 0.2) is 8.32 Å². The molecule has 158 valence electrons. The molecule has 8 heteroatoms. The Bertz CT molecular complexity index is 669. The number of aliphatic hydroxyl groups excluding tert-OH is 1. The quantitative estimate of drug-likeness (QED) is 0.508. The average molecular weight is 410 g/mol. The molecule has 7 nitrogen and oxygen atoms in total. The molecule has 0 unspecified atom stereocenters. The first-order chi connectivity index (χ1) is 13.0. The number of nitrogens with one attached hydrogen (secondary N) is 1. The number of aliphatic hydroxyl groups is 1. The number of nitrogens with zero attached hydrogens (tertiary/aromatic N) is 2. The molecule has 1 aromatic rings. The third kappa shape index (κ3) is 5.68. The van der Waals surface area contributed by atoms with Crippen molar-refractivity contribution in [2.45, 2.75) is 70.3 Å². The van der Waals surface area contributed by atoms with Gasteiger partial charge < -0.3 is 19.2 Å². The van der Waals surface area contributed by atoms with Gasteiger partial charge in [0.05, 0.1) is 18.8 Å². The maximum atomic E-state index is 12.3. The molecule has 1 aliphatic heterocycles. The highest BCUT2D eigenvalue weighted by atomic mass is 28.4. The van der Waals surface area contributed by atoms with Gasteiger partial charge in [0.2, 0.25) is 0 Å². The predicted octanol–water partition coefficient (Wildman–Crippen LogP) is 3.27. The van der Waals surface area contributed by atoms with Crippen LogP contribution in [0.2, 0.25) is 18.1 Å². The van der Waals surface area contributed by atoms with Crippen LogP contribution in [0.15, 0.2) is 18.9 Å². The molecular weight excluding hydrogens is 374 g/mol. The summed E-state index contributed by atoms with van der Waals surface area (Å²) in [6.45, 7) is 15.8. The number of hydrogen-bond acceptors (Lipinski definition) is 5. The highest BCUT2D eigenvalue weighted by molar-refractivity contribution is 6.74. The predicted molar refractivity (Wildman–Crippen MR) is 112 cm³/mol. The molecule has 1 amide bonds. The van der Waals surface area contributed by atoms with Gasteiger partial charge in [0.25, 0.3) is 0 Å². The van der Waals surface area contributed by atoms with Crippen LogP contribution in [0.3, 0.4) is 0 Å². The third-order valence-electron chi connectivity index (χ3n) is 5.84. The summed E-state index contributed by atoms with van der Waals surface area (Å²) in [6.07, 6.45) is 4.32. The molecule has 2 heterocycles. The molecule has 0 radical (unpaired) electrons. The largest absolute Gasteiger partial charge is 0.445 e. The van der Waals surface area contributed by atoms with Gasteiger partial charge in [0, 0.05) is 24.8 Å². The first-order valence-electron chi connectivity index (χ1n) is 9.92. The van der Waals surface area contributed by atoms with Crippen LogP contribution in [0.4, 0.5) is 4.79 Å². The van der Waals surface area contributed by atoms with Crippen molar-refractivity contribution >= 4 is 14.4 Å². The molecule has 2 atom stereocenters. The molecule has 1 aliphatic rings. The molecule has 0 spiro atoms. The van der Waals surface area contributed by atoms with Crippen molar-refractivity contribution in [2.75, 3.05) is 19.8 Å². The van der Waals surface area contributed by atoms with E-state index in [0.717, 1.165) is 17.7 Å². The first kappa shape index (κ1) is 22.6. The fourth-order valence-corrected chi connectivity index (χ4v) is 4.18. The Labute approximate surface area is 169 Å². The van der Waals surface area contributed by atoms with Crippen molar-refractivity contribution in [1.82, 2.24) is 15.1 Å². The fourth-order valence-electron chi connectivity index (χ4n) is 3.13. The second-order valence-electron chi connectivity index (χ2n) is 9.00. The number of aromatic amines is 1. The highest BCUT2D eigenvalue weighted by Gasteiger charge is 2.37. The van der Waals surface area contributed by atoms with E-state index in [9.17, 15) is 9.90 Å². The Kier molecular flexibility index (Phi) is 7.47. The van der Waals surface area contributed by atoms with Crippen molar-refractivity contribution in [2.24, 2.45) is 0 Å². The molecule has 2 rings (SSSR count). The summed E-state index contributed by atoms with van der Waals surface area (Å²) >= 11 is 0. The van der Waals surface area contributed by atoms with E-state index in [1.54, 1.807) is 11.1 Å². The van der Waals surface area contributed by atoms with Crippen LogP contribution in [0.25, 0.3) is 0 Å². The van der Waals surface area contributed by atoms with Gasteiger partial charge in [-0.1, -0.05) is 33.4 Å². The van der Waals surface area contributed by atoms with E-state index in [1.165, 1.54) is 6.08 Å². The molecule has 1 aromatic heterocycles. The van der Waals surface area contributed by atoms with Gasteiger partial charge >= 0.3 is 6.09 Å². The molecule has 0 saturated carbocycles. The summed E-state index contributed by atoms with van der Waals surface area (Å²) in [5.74, 6) is 0. The smallest absolute Gasteiger partial charge is 0.410 e. The number of H-pyrrole nitrogens is 1. The molecule has 2 N–H and O–H groups in total. The molecule has 1 saturated heterocycles. The van der Waals surface area contributed by atoms with E-state index in [4.69, 9.17) is 9.16 Å². The summed E-state index contributed by atoms with van der Waals surface area (Å²) in [4.78, 5) is 13.9. The number of amides is 1. The second kappa shape index (κ2) is 9.24. The van der Waals surface area contributed by atoms with Gasteiger partial charge in [-0.2, -0.15) is 5.10 Å². The van der Waals surface area contributed by atoms with E-state index in [0.29, 0.717) is 26.0 Å². The zero-order valence-corrected chi connectivity index (χ0v) is 18.8. The van der Waals surface area contributed by atoms with Crippen molar-refractivity contribution < 1.29 is 19.1 Å². The summed E-state index contributed by atoms with van der Waals surface area (Å²) in [5.41, 5.74) is 2.08. The zero-order valence-electron chi connectivity index (χ0n) is 17.8. The van der Waals surface area contributed by atoms with Gasteiger partial charge in [0.1, 0.15) is 6.61 Å². The number of aromatic nitrogens is 2. The topological polar surface area (TPSA) is 87.7 Å². The van der Waals surface area contributed by atoms with E-state index in [2.05, 4.69) is 50.6 Å². The molecule has 1 fully saturated rings. The van der Waals surface area contributed by atoms with Crippen LogP contribution >= 0.6 is 0 Å². The minimum atomic E-state index is -1.78. The molecule has 28 heavy (non-hydrogen) atoms. The third-order valence-corrected chi connectivity index (χ3v) is 10.4. The molecule has 0 bridgehead atoms. The molecule has 0 aliphatic carbocycles. The van der Waals surface area contributed by atoms with Gasteiger partial charge in [-0.25, -0.2) is 4.79 Å². The SMILES string of the molecule is C=CCOC(=O)N1C[C@H](O)C[C@H]1Cc1cn[nH]c1CCO[Si](C)(C)C(C)(C)C. The van der Waals surface area contributed by atoms with Crippen LogP contribution in [0, 0.1) is 0 Å². The van der Waals surface area contributed by atoms with Gasteiger partial charge in [-0.05, 0) is 36.5 Å². The fraction of sp³-hybridized carbons (Fsp3) is 0.700. The van der Waals surface area contributed by atoms with Crippen molar-refractivity contribution in [1.29, 1.82) is 0 Å². The van der Waals surface area contributed by atoms with E-state index in [1.807, 2.05) is 0 Å². The average Bonchev–Trinajstić information content (AvgIpc) is 3.18. The Hall–Kier alpha value is -1.64. The Morgan fingerprint density at radius 2 is 2.21 bits per heavy atom.